The van der Waals surface area contributed by atoms with Gasteiger partial charge in [-0.3, -0.25) is 4.79 Å². The highest BCUT2D eigenvalue weighted by Gasteiger charge is 2.61. The van der Waals surface area contributed by atoms with E-state index in [1.165, 1.54) is 11.1 Å². The fourth-order valence-electron chi connectivity index (χ4n) is 5.20. The van der Waals surface area contributed by atoms with E-state index < -0.39 is 0 Å². The second kappa shape index (κ2) is 9.46. The summed E-state index contributed by atoms with van der Waals surface area (Å²) < 4.78 is 11.6. The normalized spacial score (nSPS) is 31.7. The predicted octanol–water partition coefficient (Wildman–Crippen LogP) is 4.86. The molecule has 178 valence electrons. The average molecular weight is 452 g/mol. The highest BCUT2D eigenvalue weighted by Crippen LogP contribution is 2.49. The van der Waals surface area contributed by atoms with Crippen molar-refractivity contribution in [2.45, 2.75) is 83.5 Å². The summed E-state index contributed by atoms with van der Waals surface area (Å²) in [5.74, 6) is 0.119. The number of rotatable bonds is 6. The van der Waals surface area contributed by atoms with Crippen molar-refractivity contribution in [3.05, 3.63) is 59.2 Å². The Balaban J connectivity index is 1.37. The molecule has 4 rings (SSSR count). The van der Waals surface area contributed by atoms with Crippen LogP contribution in [0.3, 0.4) is 0 Å². The summed E-state index contributed by atoms with van der Waals surface area (Å²) in [7, 11) is 0. The first-order valence-corrected chi connectivity index (χ1v) is 12.3. The Hall–Kier alpha value is -2.40. The van der Waals surface area contributed by atoms with Gasteiger partial charge in [0.15, 0.2) is 0 Å². The van der Waals surface area contributed by atoms with Gasteiger partial charge in [0.2, 0.25) is 5.91 Å². The summed E-state index contributed by atoms with van der Waals surface area (Å²) in [6, 6.07) is 8.40. The highest BCUT2D eigenvalue weighted by molar-refractivity contribution is 5.91. The Bertz CT molecular complexity index is 947. The van der Waals surface area contributed by atoms with Crippen molar-refractivity contribution >= 4 is 11.9 Å². The summed E-state index contributed by atoms with van der Waals surface area (Å²) in [4.78, 5) is 25.0. The number of benzene rings is 1. The van der Waals surface area contributed by atoms with E-state index in [0.717, 1.165) is 37.7 Å². The molecular formula is C28H37NO4. The third kappa shape index (κ3) is 5.24. The van der Waals surface area contributed by atoms with Gasteiger partial charge in [0.1, 0.15) is 12.2 Å². The Morgan fingerprint density at radius 3 is 2.67 bits per heavy atom. The second-order valence-corrected chi connectivity index (χ2v) is 10.6. The number of nitrogens with one attached hydrogen (secondary N) is 1. The summed E-state index contributed by atoms with van der Waals surface area (Å²) >= 11 is 0. The van der Waals surface area contributed by atoms with Gasteiger partial charge in [-0.25, -0.2) is 4.79 Å². The topological polar surface area (TPSA) is 67.9 Å². The molecule has 5 heteroatoms. The molecule has 0 radical (unpaired) electrons. The lowest BCUT2D eigenvalue weighted by Crippen LogP contribution is -2.31. The van der Waals surface area contributed by atoms with Gasteiger partial charge in [-0.05, 0) is 63.0 Å². The van der Waals surface area contributed by atoms with Crippen LogP contribution in [0.4, 0.5) is 0 Å². The van der Waals surface area contributed by atoms with Gasteiger partial charge < -0.3 is 14.8 Å². The molecule has 1 amide bonds. The zero-order valence-electron chi connectivity index (χ0n) is 20.4. The van der Waals surface area contributed by atoms with Crippen LogP contribution in [0.15, 0.2) is 48.1 Å². The maximum atomic E-state index is 12.9. The van der Waals surface area contributed by atoms with Crippen LogP contribution in [0.5, 0.6) is 0 Å². The van der Waals surface area contributed by atoms with Crippen molar-refractivity contribution in [1.82, 2.24) is 5.32 Å². The molecule has 0 spiro atoms. The molecule has 0 saturated carbocycles. The monoisotopic (exact) mass is 451 g/mol. The molecular weight excluding hydrogens is 414 g/mol. The molecule has 1 aliphatic carbocycles. The van der Waals surface area contributed by atoms with Gasteiger partial charge in [-0.15, -0.1) is 0 Å². The van der Waals surface area contributed by atoms with Crippen LogP contribution in [-0.4, -0.2) is 36.2 Å². The Morgan fingerprint density at radius 2 is 1.97 bits per heavy atom. The summed E-state index contributed by atoms with van der Waals surface area (Å²) in [6.07, 6.45) is 6.36. The van der Waals surface area contributed by atoms with Crippen LogP contribution in [0, 0.1) is 11.8 Å². The third-order valence-corrected chi connectivity index (χ3v) is 7.45. The fraction of sp³-hybridized carbons (Fsp3) is 0.571. The summed E-state index contributed by atoms with van der Waals surface area (Å²) in [5, 5.41) is 3.13. The fourth-order valence-corrected chi connectivity index (χ4v) is 5.20. The number of allylic oxidation sites excluding steroid dienone is 1. The molecule has 2 aliphatic heterocycles. The van der Waals surface area contributed by atoms with Gasteiger partial charge in [-0.2, -0.15) is 0 Å². The molecule has 1 aromatic carbocycles. The quantitative estimate of drug-likeness (QED) is 0.290. The first kappa shape index (κ1) is 23.7. The van der Waals surface area contributed by atoms with E-state index in [9.17, 15) is 9.59 Å². The number of hydrogen-bond donors (Lipinski definition) is 1. The zero-order valence-corrected chi connectivity index (χ0v) is 20.4. The maximum Gasteiger partial charge on any atom is 0.334 e. The number of amides is 1. The van der Waals surface area contributed by atoms with Crippen molar-refractivity contribution in [3.63, 3.8) is 0 Å². The SMILES string of the molecule is C=C1C(=O)O[C@H]2[C@H]1CC/C(CNC(=O)C(C)c1ccc(CC(C)C)cc1)=C\CC[C@@]1(C)O[C@@H]21. The van der Waals surface area contributed by atoms with Crippen LogP contribution in [0.25, 0.3) is 0 Å². The van der Waals surface area contributed by atoms with Gasteiger partial charge in [0, 0.05) is 18.0 Å². The van der Waals surface area contributed by atoms with Gasteiger partial charge in [-0.1, -0.05) is 56.3 Å². The van der Waals surface area contributed by atoms with Gasteiger partial charge in [0.05, 0.1) is 11.5 Å². The van der Waals surface area contributed by atoms with E-state index in [4.69, 9.17) is 9.47 Å². The van der Waals surface area contributed by atoms with Gasteiger partial charge >= 0.3 is 5.97 Å². The lowest BCUT2D eigenvalue weighted by molar-refractivity contribution is -0.140. The van der Waals surface area contributed by atoms with E-state index >= 15 is 0 Å². The second-order valence-electron chi connectivity index (χ2n) is 10.6. The smallest absolute Gasteiger partial charge is 0.334 e. The van der Waals surface area contributed by atoms with Crippen molar-refractivity contribution in [2.75, 3.05) is 6.54 Å². The number of fused-ring (bicyclic) bond motifs is 3. The maximum absolute atomic E-state index is 12.9. The number of carbonyl (C=O) groups excluding carboxylic acids is 2. The summed E-state index contributed by atoms with van der Waals surface area (Å²) in [5.41, 5.74) is 3.84. The standard InChI is InChI=1S/C28H37NO4/c1-17(2)15-20-8-11-22(12-9-20)18(3)26(30)29-16-21-7-6-14-28(5)25(33-28)24-23(13-10-21)19(4)27(31)32-24/h7-9,11-12,17-18,23-25H,4,6,10,13-16H2,1-3,5H3,(H,29,30)/b21-7+/t18?,23-,24-,25-,28+/m0/s1. The molecule has 2 heterocycles. The number of epoxide rings is 1. The first-order valence-electron chi connectivity index (χ1n) is 12.3. The van der Waals surface area contributed by atoms with Crippen LogP contribution in [0.2, 0.25) is 0 Å². The van der Waals surface area contributed by atoms with Crippen molar-refractivity contribution in [2.24, 2.45) is 11.8 Å². The first-order chi connectivity index (χ1) is 15.7. The molecule has 1 aromatic rings. The third-order valence-electron chi connectivity index (χ3n) is 7.45. The molecule has 0 aromatic heterocycles. The van der Waals surface area contributed by atoms with Crippen LogP contribution < -0.4 is 5.32 Å². The minimum absolute atomic E-state index is 0.0233. The molecule has 33 heavy (non-hydrogen) atoms. The van der Waals surface area contributed by atoms with Crippen LogP contribution in [0.1, 0.15) is 70.4 Å². The van der Waals surface area contributed by atoms with Crippen LogP contribution in [-0.2, 0) is 25.5 Å². The molecule has 1 N–H and O–H groups in total. The Kier molecular flexibility index (Phi) is 6.81. The molecule has 5 atom stereocenters. The molecule has 0 bridgehead atoms. The molecule has 2 saturated heterocycles. The molecule has 2 fully saturated rings. The Morgan fingerprint density at radius 1 is 1.24 bits per heavy atom. The van der Waals surface area contributed by atoms with Crippen LogP contribution >= 0.6 is 0 Å². The largest absolute Gasteiger partial charge is 0.455 e. The Labute approximate surface area is 197 Å². The van der Waals surface area contributed by atoms with E-state index in [1.54, 1.807) is 0 Å². The van der Waals surface area contributed by atoms with Crippen molar-refractivity contribution in [1.29, 1.82) is 0 Å². The van der Waals surface area contributed by atoms with E-state index in [2.05, 4.69) is 63.0 Å². The van der Waals surface area contributed by atoms with E-state index in [0.29, 0.717) is 18.0 Å². The van der Waals surface area contributed by atoms with E-state index in [1.807, 2.05) is 6.92 Å². The van der Waals surface area contributed by atoms with Gasteiger partial charge in [0.25, 0.3) is 0 Å². The minimum atomic E-state index is -0.297. The lowest BCUT2D eigenvalue weighted by Gasteiger charge is -2.20. The number of esters is 1. The van der Waals surface area contributed by atoms with E-state index in [-0.39, 0.29) is 41.5 Å². The highest BCUT2D eigenvalue weighted by atomic mass is 16.6. The minimum Gasteiger partial charge on any atom is -0.455 e. The average Bonchev–Trinajstić information content (AvgIpc) is 3.37. The van der Waals surface area contributed by atoms with Crippen molar-refractivity contribution in [3.8, 4) is 0 Å². The number of ether oxygens (including phenoxy) is 2. The number of hydrogen-bond acceptors (Lipinski definition) is 4. The molecule has 3 aliphatic rings. The predicted molar refractivity (Wildman–Crippen MR) is 129 cm³/mol. The summed E-state index contributed by atoms with van der Waals surface area (Å²) in [6.45, 7) is 13.0. The van der Waals surface area contributed by atoms with Crippen molar-refractivity contribution < 1.29 is 19.1 Å². The molecule has 1 unspecified atom stereocenters. The zero-order chi connectivity index (χ0) is 23.8. The number of carbonyl (C=O) groups is 2. The lowest BCUT2D eigenvalue weighted by atomic mass is 9.84. The molecule has 5 nitrogen and oxygen atoms in total.